The Labute approximate surface area is 196 Å². The summed E-state index contributed by atoms with van der Waals surface area (Å²) >= 11 is 0.144. The predicted molar refractivity (Wildman–Crippen MR) is 134 cm³/mol. The van der Waals surface area contributed by atoms with Crippen LogP contribution in [-0.2, 0) is 5.41 Å². The van der Waals surface area contributed by atoms with Gasteiger partial charge in [-0.3, -0.25) is 0 Å². The van der Waals surface area contributed by atoms with Gasteiger partial charge in [-0.25, -0.2) is 0 Å². The van der Waals surface area contributed by atoms with Crippen molar-refractivity contribution in [1.82, 2.24) is 4.98 Å². The summed E-state index contributed by atoms with van der Waals surface area (Å²) in [5.74, 6) is -0.208. The van der Waals surface area contributed by atoms with E-state index in [1.54, 1.807) is 18.3 Å². The zero-order valence-corrected chi connectivity index (χ0v) is 20.2. The molecule has 0 saturated carbocycles. The van der Waals surface area contributed by atoms with E-state index in [1.165, 1.54) is 14.5 Å². The average Bonchev–Trinajstić information content (AvgIpc) is 2.80. The Bertz CT molecular complexity index is 1220. The zero-order chi connectivity index (χ0) is 22.6. The van der Waals surface area contributed by atoms with E-state index in [0.717, 1.165) is 16.8 Å². The maximum absolute atomic E-state index is 12.8. The fourth-order valence-electron chi connectivity index (χ4n) is 3.42. The van der Waals surface area contributed by atoms with Crippen molar-refractivity contribution in [2.24, 2.45) is 0 Å². The Morgan fingerprint density at radius 1 is 0.812 bits per heavy atom. The number of aromatic nitrogens is 1. The molecule has 3 aromatic carbocycles. The summed E-state index contributed by atoms with van der Waals surface area (Å²) < 4.78 is 2.61. The maximum atomic E-state index is 12.8. The van der Waals surface area contributed by atoms with E-state index in [9.17, 15) is 4.79 Å². The Morgan fingerprint density at radius 2 is 1.53 bits per heavy atom. The van der Waals surface area contributed by atoms with Crippen LogP contribution in [0.4, 0.5) is 5.69 Å². The number of rotatable bonds is 5. The van der Waals surface area contributed by atoms with Gasteiger partial charge in [0.05, 0.1) is 0 Å². The van der Waals surface area contributed by atoms with Gasteiger partial charge in [0.15, 0.2) is 0 Å². The molecule has 160 valence electrons. The molecule has 1 N–H and O–H groups in total. The summed E-state index contributed by atoms with van der Waals surface area (Å²) in [5, 5.41) is 3.08. The van der Waals surface area contributed by atoms with Gasteiger partial charge in [0.25, 0.3) is 0 Å². The Kier molecular flexibility index (Phi) is 6.55. The molecule has 0 radical (unpaired) electrons. The minimum absolute atomic E-state index is 0.0270. The summed E-state index contributed by atoms with van der Waals surface area (Å²) in [4.78, 5) is 17.0. The molecule has 0 bridgehead atoms. The second kappa shape index (κ2) is 9.52. The molecule has 1 heterocycles. The molecule has 0 fully saturated rings. The molecule has 0 aliphatic carbocycles. The number of hydrogen-bond donors (Lipinski definition) is 1. The van der Waals surface area contributed by atoms with Crippen LogP contribution in [0.5, 0.6) is 0 Å². The van der Waals surface area contributed by atoms with Crippen molar-refractivity contribution in [2.75, 3.05) is 5.32 Å². The molecule has 0 aliphatic heterocycles. The number of para-hydroxylation sites is 1. The standard InChI is InChI=1S/C28H26N2OSe/c1-28(2,3)20-16-17-26(32-21-11-5-4-6-12-21)23(19-20)22-13-7-8-14-24(22)30-27(31)25-15-9-10-18-29-25/h4-19H,1-3H3,(H,30,31). The number of benzene rings is 3. The monoisotopic (exact) mass is 486 g/mol. The molecule has 0 atom stereocenters. The van der Waals surface area contributed by atoms with E-state index in [-0.39, 0.29) is 26.3 Å². The van der Waals surface area contributed by atoms with Crippen molar-refractivity contribution in [3.05, 3.63) is 108 Å². The third-order valence-corrected chi connectivity index (χ3v) is 7.45. The van der Waals surface area contributed by atoms with Gasteiger partial charge in [-0.1, -0.05) is 0 Å². The van der Waals surface area contributed by atoms with E-state index in [4.69, 9.17) is 0 Å². The summed E-state index contributed by atoms with van der Waals surface area (Å²) in [7, 11) is 0. The first-order chi connectivity index (χ1) is 15.4. The van der Waals surface area contributed by atoms with E-state index in [1.807, 2.05) is 30.3 Å². The van der Waals surface area contributed by atoms with Crippen LogP contribution in [-0.4, -0.2) is 25.8 Å². The number of hydrogen-bond acceptors (Lipinski definition) is 2. The molecule has 4 rings (SSSR count). The van der Waals surface area contributed by atoms with E-state index < -0.39 is 0 Å². The van der Waals surface area contributed by atoms with Crippen molar-refractivity contribution in [2.45, 2.75) is 26.2 Å². The van der Waals surface area contributed by atoms with Crippen LogP contribution in [0.2, 0.25) is 0 Å². The molecule has 1 aromatic heterocycles. The van der Waals surface area contributed by atoms with Crippen molar-refractivity contribution >= 4 is 35.5 Å². The normalized spacial score (nSPS) is 11.2. The topological polar surface area (TPSA) is 42.0 Å². The molecular weight excluding hydrogens is 459 g/mol. The van der Waals surface area contributed by atoms with E-state index in [0.29, 0.717) is 5.69 Å². The van der Waals surface area contributed by atoms with Gasteiger partial charge in [0, 0.05) is 0 Å². The van der Waals surface area contributed by atoms with Gasteiger partial charge < -0.3 is 0 Å². The van der Waals surface area contributed by atoms with Crippen LogP contribution in [0, 0.1) is 0 Å². The summed E-state index contributed by atoms with van der Waals surface area (Å²) in [6.07, 6.45) is 1.63. The van der Waals surface area contributed by atoms with Crippen LogP contribution in [0.1, 0.15) is 36.8 Å². The minimum atomic E-state index is -0.208. The fraction of sp³-hybridized carbons (Fsp3) is 0.143. The number of amides is 1. The third-order valence-electron chi connectivity index (χ3n) is 5.18. The van der Waals surface area contributed by atoms with Gasteiger partial charge in [-0.15, -0.1) is 0 Å². The van der Waals surface area contributed by atoms with Crippen LogP contribution in [0.3, 0.4) is 0 Å². The first-order valence-corrected chi connectivity index (χ1v) is 12.3. The molecule has 4 heteroatoms. The number of carbonyl (C=O) groups excluding carboxylic acids is 1. The molecular formula is C28H26N2OSe. The van der Waals surface area contributed by atoms with Crippen LogP contribution < -0.4 is 14.2 Å². The van der Waals surface area contributed by atoms with E-state index in [2.05, 4.69) is 79.6 Å². The van der Waals surface area contributed by atoms with E-state index >= 15 is 0 Å². The molecule has 3 nitrogen and oxygen atoms in total. The second-order valence-corrected chi connectivity index (χ2v) is 10.9. The molecule has 0 unspecified atom stereocenters. The predicted octanol–water partition coefficient (Wildman–Crippen LogP) is 4.95. The third kappa shape index (κ3) is 5.16. The van der Waals surface area contributed by atoms with Crippen LogP contribution in [0.15, 0.2) is 97.2 Å². The number of nitrogens with one attached hydrogen (secondary N) is 1. The molecule has 1 amide bonds. The molecule has 4 aromatic rings. The molecule has 0 aliphatic rings. The number of anilines is 1. The average molecular weight is 485 g/mol. The van der Waals surface area contributed by atoms with Crippen LogP contribution >= 0.6 is 0 Å². The molecule has 0 saturated heterocycles. The Balaban J connectivity index is 1.78. The molecule has 32 heavy (non-hydrogen) atoms. The summed E-state index contributed by atoms with van der Waals surface area (Å²) in [6.45, 7) is 6.68. The number of nitrogens with zero attached hydrogens (tertiary/aromatic N) is 1. The van der Waals surface area contributed by atoms with Gasteiger partial charge in [-0.05, 0) is 0 Å². The Hall–Kier alpha value is -3.20. The Morgan fingerprint density at radius 3 is 2.25 bits per heavy atom. The first kappa shape index (κ1) is 22.0. The second-order valence-electron chi connectivity index (χ2n) is 8.59. The van der Waals surface area contributed by atoms with Gasteiger partial charge in [-0.2, -0.15) is 0 Å². The number of pyridine rings is 1. The fourth-order valence-corrected chi connectivity index (χ4v) is 5.44. The van der Waals surface area contributed by atoms with Gasteiger partial charge in [0.1, 0.15) is 0 Å². The van der Waals surface area contributed by atoms with Gasteiger partial charge in [0.2, 0.25) is 0 Å². The zero-order valence-electron chi connectivity index (χ0n) is 18.5. The summed E-state index contributed by atoms with van der Waals surface area (Å²) in [5.41, 5.74) is 4.68. The van der Waals surface area contributed by atoms with Crippen molar-refractivity contribution < 1.29 is 4.79 Å². The van der Waals surface area contributed by atoms with Crippen molar-refractivity contribution in [3.63, 3.8) is 0 Å². The summed E-state index contributed by atoms with van der Waals surface area (Å²) in [6, 6.07) is 30.7. The van der Waals surface area contributed by atoms with Crippen LogP contribution in [0.25, 0.3) is 11.1 Å². The number of carbonyl (C=O) groups is 1. The molecule has 0 spiro atoms. The van der Waals surface area contributed by atoms with Crippen molar-refractivity contribution in [1.29, 1.82) is 0 Å². The van der Waals surface area contributed by atoms with Crippen molar-refractivity contribution in [3.8, 4) is 11.1 Å². The van der Waals surface area contributed by atoms with Gasteiger partial charge >= 0.3 is 196 Å². The quantitative estimate of drug-likeness (QED) is 0.407. The first-order valence-electron chi connectivity index (χ1n) is 10.6. The SMILES string of the molecule is CC(C)(C)c1ccc([Se]c2ccccc2)c(-c2ccccc2NC(=O)c2ccccn2)c1.